The van der Waals surface area contributed by atoms with Gasteiger partial charge in [-0.15, -0.1) is 0 Å². The summed E-state index contributed by atoms with van der Waals surface area (Å²) in [4.78, 5) is 12.2. The minimum atomic E-state index is -3.71. The minimum Gasteiger partial charge on any atom is -0.385 e. The molecule has 1 saturated heterocycles. The van der Waals surface area contributed by atoms with Crippen LogP contribution in [0.25, 0.3) is 0 Å². The molecule has 0 radical (unpaired) electrons. The molecule has 140 valence electrons. The standard InChI is InChI=1S/C17H25ClN2O4S/c1-13-5-3-9-20(12-13)25(22,23)16-11-14(6-7-15(16)18)17(21)19-8-4-10-24-2/h6-7,11,13H,3-5,8-10,12H2,1-2H3,(H,19,21). The third kappa shape index (κ3) is 5.17. The molecule has 1 fully saturated rings. The summed E-state index contributed by atoms with van der Waals surface area (Å²) in [6, 6.07) is 4.36. The Morgan fingerprint density at radius 2 is 2.20 bits per heavy atom. The van der Waals surface area contributed by atoms with Crippen LogP contribution in [0.2, 0.25) is 5.02 Å². The molecule has 0 spiro atoms. The van der Waals surface area contributed by atoms with E-state index in [1.807, 2.05) is 6.92 Å². The predicted octanol–water partition coefficient (Wildman–Crippen LogP) is 2.53. The zero-order valence-corrected chi connectivity index (χ0v) is 16.2. The van der Waals surface area contributed by atoms with E-state index in [0.29, 0.717) is 38.6 Å². The lowest BCUT2D eigenvalue weighted by Crippen LogP contribution is -2.39. The SMILES string of the molecule is COCCCNC(=O)c1ccc(Cl)c(S(=O)(=O)N2CCCC(C)C2)c1. The van der Waals surface area contributed by atoms with E-state index >= 15 is 0 Å². The van der Waals surface area contributed by atoms with Crippen molar-refractivity contribution in [1.29, 1.82) is 0 Å². The molecular weight excluding hydrogens is 364 g/mol. The Kier molecular flexibility index (Phi) is 7.25. The number of carbonyl (C=O) groups is 1. The summed E-state index contributed by atoms with van der Waals surface area (Å²) in [6.07, 6.45) is 2.54. The van der Waals surface area contributed by atoms with Crippen LogP contribution in [0.4, 0.5) is 0 Å². The first kappa shape index (κ1) is 20.2. The normalized spacial score (nSPS) is 18.9. The lowest BCUT2D eigenvalue weighted by Gasteiger charge is -2.30. The summed E-state index contributed by atoms with van der Waals surface area (Å²) in [5, 5.41) is 2.88. The van der Waals surface area contributed by atoms with Crippen molar-refractivity contribution in [2.45, 2.75) is 31.1 Å². The monoisotopic (exact) mass is 388 g/mol. The number of hydrogen-bond acceptors (Lipinski definition) is 4. The van der Waals surface area contributed by atoms with E-state index in [-0.39, 0.29) is 21.4 Å². The molecule has 0 saturated carbocycles. The number of rotatable bonds is 7. The van der Waals surface area contributed by atoms with Crippen LogP contribution < -0.4 is 5.32 Å². The quantitative estimate of drug-likeness (QED) is 0.728. The second-order valence-corrected chi connectivity index (χ2v) is 8.67. The van der Waals surface area contributed by atoms with Crippen molar-refractivity contribution in [2.75, 3.05) is 33.4 Å². The number of hydrogen-bond donors (Lipinski definition) is 1. The average Bonchev–Trinajstić information content (AvgIpc) is 2.58. The smallest absolute Gasteiger partial charge is 0.251 e. The van der Waals surface area contributed by atoms with Gasteiger partial charge < -0.3 is 10.1 Å². The lowest BCUT2D eigenvalue weighted by atomic mass is 10.0. The third-order valence-corrected chi connectivity index (χ3v) is 6.59. The highest BCUT2D eigenvalue weighted by molar-refractivity contribution is 7.89. The molecule has 25 heavy (non-hydrogen) atoms. The molecule has 1 atom stereocenters. The number of amides is 1. The van der Waals surface area contributed by atoms with Crippen molar-refractivity contribution in [3.8, 4) is 0 Å². The number of nitrogens with one attached hydrogen (secondary N) is 1. The zero-order valence-electron chi connectivity index (χ0n) is 14.6. The first-order valence-electron chi connectivity index (χ1n) is 8.43. The molecule has 1 N–H and O–H groups in total. The minimum absolute atomic E-state index is 0.00666. The number of piperidine rings is 1. The Bertz CT molecular complexity index is 709. The van der Waals surface area contributed by atoms with E-state index < -0.39 is 10.0 Å². The molecule has 1 aromatic rings. The summed E-state index contributed by atoms with van der Waals surface area (Å²) in [5.41, 5.74) is 0.283. The van der Waals surface area contributed by atoms with Crippen LogP contribution in [0.3, 0.4) is 0 Å². The van der Waals surface area contributed by atoms with Crippen LogP contribution >= 0.6 is 11.6 Å². The molecule has 1 heterocycles. The number of nitrogens with zero attached hydrogens (tertiary/aromatic N) is 1. The highest BCUT2D eigenvalue weighted by Gasteiger charge is 2.30. The van der Waals surface area contributed by atoms with Gasteiger partial charge in [-0.25, -0.2) is 8.42 Å². The summed E-state index contributed by atoms with van der Waals surface area (Å²) in [5.74, 6) is -0.00852. The fraction of sp³-hybridized carbons (Fsp3) is 0.588. The van der Waals surface area contributed by atoms with Gasteiger partial charge in [-0.3, -0.25) is 4.79 Å². The van der Waals surface area contributed by atoms with Crippen molar-refractivity contribution < 1.29 is 17.9 Å². The van der Waals surface area contributed by atoms with Crippen LogP contribution in [-0.4, -0.2) is 52.0 Å². The van der Waals surface area contributed by atoms with Gasteiger partial charge in [0.2, 0.25) is 10.0 Å². The summed E-state index contributed by atoms with van der Waals surface area (Å²) >= 11 is 6.13. The van der Waals surface area contributed by atoms with E-state index in [9.17, 15) is 13.2 Å². The predicted molar refractivity (Wildman–Crippen MR) is 97.4 cm³/mol. The zero-order chi connectivity index (χ0) is 18.4. The number of benzene rings is 1. The Balaban J connectivity index is 2.19. The molecule has 0 aliphatic carbocycles. The Labute approximate surface area is 154 Å². The molecular formula is C17H25ClN2O4S. The van der Waals surface area contributed by atoms with Gasteiger partial charge in [0.15, 0.2) is 0 Å². The fourth-order valence-corrected chi connectivity index (χ4v) is 4.97. The van der Waals surface area contributed by atoms with Gasteiger partial charge in [0.1, 0.15) is 4.90 Å². The number of halogens is 1. The Morgan fingerprint density at radius 3 is 2.88 bits per heavy atom. The summed E-state index contributed by atoms with van der Waals surface area (Å²) in [7, 11) is -2.11. The number of methoxy groups -OCH3 is 1. The first-order chi connectivity index (χ1) is 11.9. The van der Waals surface area contributed by atoms with Crippen LogP contribution in [0.1, 0.15) is 36.5 Å². The van der Waals surface area contributed by atoms with Crippen molar-refractivity contribution in [1.82, 2.24) is 9.62 Å². The van der Waals surface area contributed by atoms with Gasteiger partial charge in [-0.05, 0) is 43.4 Å². The largest absolute Gasteiger partial charge is 0.385 e. The molecule has 6 nitrogen and oxygen atoms in total. The number of ether oxygens (including phenoxy) is 1. The highest BCUT2D eigenvalue weighted by Crippen LogP contribution is 2.29. The third-order valence-electron chi connectivity index (χ3n) is 4.24. The summed E-state index contributed by atoms with van der Waals surface area (Å²) < 4.78 is 32.2. The highest BCUT2D eigenvalue weighted by atomic mass is 35.5. The van der Waals surface area contributed by atoms with Crippen LogP contribution in [0.15, 0.2) is 23.1 Å². The van der Waals surface area contributed by atoms with Crippen molar-refractivity contribution in [3.05, 3.63) is 28.8 Å². The second-order valence-electron chi connectivity index (χ2n) is 6.36. The molecule has 0 aromatic heterocycles. The van der Waals surface area contributed by atoms with Gasteiger partial charge in [0, 0.05) is 38.9 Å². The second kappa shape index (κ2) is 8.98. The number of carbonyl (C=O) groups excluding carboxylic acids is 1. The Hall–Kier alpha value is -1.15. The number of sulfonamides is 1. The molecule has 1 aliphatic rings. The van der Waals surface area contributed by atoms with Gasteiger partial charge >= 0.3 is 0 Å². The van der Waals surface area contributed by atoms with E-state index in [1.165, 1.54) is 22.5 Å². The van der Waals surface area contributed by atoms with Gasteiger partial charge in [0.05, 0.1) is 5.02 Å². The molecule has 0 bridgehead atoms. The molecule has 1 aromatic carbocycles. The van der Waals surface area contributed by atoms with Crippen molar-refractivity contribution in [2.24, 2.45) is 5.92 Å². The maximum Gasteiger partial charge on any atom is 0.251 e. The Morgan fingerprint density at radius 1 is 1.44 bits per heavy atom. The van der Waals surface area contributed by atoms with Crippen LogP contribution in [-0.2, 0) is 14.8 Å². The van der Waals surface area contributed by atoms with Gasteiger partial charge in [-0.1, -0.05) is 18.5 Å². The molecule has 8 heteroatoms. The van der Waals surface area contributed by atoms with Gasteiger partial charge in [0.25, 0.3) is 5.91 Å². The topological polar surface area (TPSA) is 75.7 Å². The van der Waals surface area contributed by atoms with Gasteiger partial charge in [-0.2, -0.15) is 4.31 Å². The van der Waals surface area contributed by atoms with E-state index in [1.54, 1.807) is 7.11 Å². The maximum atomic E-state index is 12.9. The van der Waals surface area contributed by atoms with E-state index in [0.717, 1.165) is 12.8 Å². The molecule has 1 amide bonds. The molecule has 1 unspecified atom stereocenters. The molecule has 1 aliphatic heterocycles. The van der Waals surface area contributed by atoms with E-state index in [2.05, 4.69) is 5.32 Å². The average molecular weight is 389 g/mol. The fourth-order valence-electron chi connectivity index (χ4n) is 2.87. The van der Waals surface area contributed by atoms with Crippen LogP contribution in [0.5, 0.6) is 0 Å². The first-order valence-corrected chi connectivity index (χ1v) is 10.2. The van der Waals surface area contributed by atoms with Crippen molar-refractivity contribution in [3.63, 3.8) is 0 Å². The van der Waals surface area contributed by atoms with Crippen LogP contribution in [0, 0.1) is 5.92 Å². The lowest BCUT2D eigenvalue weighted by molar-refractivity contribution is 0.0948. The van der Waals surface area contributed by atoms with Crippen molar-refractivity contribution >= 4 is 27.5 Å². The van der Waals surface area contributed by atoms with E-state index in [4.69, 9.17) is 16.3 Å². The molecule has 2 rings (SSSR count). The summed E-state index contributed by atoms with van der Waals surface area (Å²) in [6.45, 7) is 4.00. The maximum absolute atomic E-state index is 12.9.